The number of fused-ring (bicyclic) bond motifs is 1. The highest BCUT2D eigenvalue weighted by atomic mass is 16.5. The van der Waals surface area contributed by atoms with E-state index in [-0.39, 0.29) is 11.3 Å². The Morgan fingerprint density at radius 1 is 0.750 bits per heavy atom. The predicted octanol–water partition coefficient (Wildman–Crippen LogP) is 1.52. The van der Waals surface area contributed by atoms with Gasteiger partial charge in [-0.1, -0.05) is 42.5 Å². The molecule has 32 heavy (non-hydrogen) atoms. The average Bonchev–Trinajstić information content (AvgIpc) is 2.85. The van der Waals surface area contributed by atoms with Gasteiger partial charge in [0.15, 0.2) is 0 Å². The van der Waals surface area contributed by atoms with E-state index in [9.17, 15) is 19.2 Å². The van der Waals surface area contributed by atoms with Crippen LogP contribution >= 0.6 is 0 Å². The summed E-state index contributed by atoms with van der Waals surface area (Å²) in [5, 5.41) is 0. The van der Waals surface area contributed by atoms with E-state index in [0.29, 0.717) is 11.3 Å². The number of esters is 4. The van der Waals surface area contributed by atoms with Gasteiger partial charge in [0.05, 0.1) is 45.6 Å². The summed E-state index contributed by atoms with van der Waals surface area (Å²) in [5.41, 5.74) is -0.141. The first-order valence-corrected chi connectivity index (χ1v) is 9.46. The summed E-state index contributed by atoms with van der Waals surface area (Å²) >= 11 is 0. The molecule has 3 rings (SSSR count). The van der Waals surface area contributed by atoms with Crippen LogP contribution in [-0.2, 0) is 38.1 Å². The van der Waals surface area contributed by atoms with Crippen LogP contribution in [0.4, 0.5) is 0 Å². The highest BCUT2D eigenvalue weighted by Crippen LogP contribution is 2.42. The molecule has 9 nitrogen and oxygen atoms in total. The molecule has 0 amide bonds. The van der Waals surface area contributed by atoms with E-state index in [4.69, 9.17) is 18.9 Å². The molecule has 9 heteroatoms. The Kier molecular flexibility index (Phi) is 6.58. The third-order valence-electron chi connectivity index (χ3n) is 5.01. The van der Waals surface area contributed by atoms with Crippen LogP contribution in [0.25, 0.3) is 5.70 Å². The van der Waals surface area contributed by atoms with Crippen molar-refractivity contribution < 1.29 is 38.1 Å². The van der Waals surface area contributed by atoms with Gasteiger partial charge in [-0.3, -0.25) is 0 Å². The van der Waals surface area contributed by atoms with E-state index >= 15 is 0 Å². The minimum Gasteiger partial charge on any atom is -0.466 e. The molecular formula is C23H21NO8. The lowest BCUT2D eigenvalue weighted by Crippen LogP contribution is -2.46. The van der Waals surface area contributed by atoms with Crippen LogP contribution in [0, 0.1) is 0 Å². The summed E-state index contributed by atoms with van der Waals surface area (Å²) in [7, 11) is 4.47. The molecule has 2 heterocycles. The lowest BCUT2D eigenvalue weighted by Gasteiger charge is -2.41. The second-order valence-corrected chi connectivity index (χ2v) is 6.60. The molecule has 1 aromatic rings. The second-order valence-electron chi connectivity index (χ2n) is 6.60. The summed E-state index contributed by atoms with van der Waals surface area (Å²) < 4.78 is 19.6. The summed E-state index contributed by atoms with van der Waals surface area (Å²) in [5.74, 6) is -3.80. The number of hydrogen-bond acceptors (Lipinski definition) is 9. The van der Waals surface area contributed by atoms with Crippen LogP contribution < -0.4 is 0 Å². The fraction of sp³-hybridized carbons (Fsp3) is 0.217. The predicted molar refractivity (Wildman–Crippen MR) is 111 cm³/mol. The van der Waals surface area contributed by atoms with Gasteiger partial charge in [0, 0.05) is 5.70 Å². The van der Waals surface area contributed by atoms with Crippen molar-refractivity contribution in [1.82, 2.24) is 4.90 Å². The second kappa shape index (κ2) is 9.34. The molecule has 0 fully saturated rings. The smallest absolute Gasteiger partial charge is 0.355 e. The Morgan fingerprint density at radius 3 is 1.88 bits per heavy atom. The Bertz CT molecular complexity index is 1090. The van der Waals surface area contributed by atoms with Crippen LogP contribution in [-0.4, -0.2) is 63.3 Å². The minimum absolute atomic E-state index is 0.176. The first kappa shape index (κ1) is 22.5. The van der Waals surface area contributed by atoms with E-state index in [2.05, 4.69) is 0 Å². The van der Waals surface area contributed by atoms with Crippen molar-refractivity contribution in [3.63, 3.8) is 0 Å². The van der Waals surface area contributed by atoms with Crippen molar-refractivity contribution >= 4 is 29.6 Å². The Morgan fingerprint density at radius 2 is 1.31 bits per heavy atom. The molecule has 0 spiro atoms. The van der Waals surface area contributed by atoms with Gasteiger partial charge in [-0.25, -0.2) is 19.2 Å². The maximum Gasteiger partial charge on any atom is 0.355 e. The standard InChI is InChI=1S/C23H21NO8/c1-29-20(25)16-15-12-8-11-14(13-9-6-5-7-10-13)24(15)19(23(28)32-4)18(22(27)31-3)17(16)21(26)30-2/h5-12,15H,1-4H3/t15-/m0/s1. The van der Waals surface area contributed by atoms with Crippen molar-refractivity contribution in [3.8, 4) is 0 Å². The van der Waals surface area contributed by atoms with Crippen molar-refractivity contribution in [2.24, 2.45) is 0 Å². The Labute approximate surface area is 184 Å². The van der Waals surface area contributed by atoms with Gasteiger partial charge < -0.3 is 23.8 Å². The van der Waals surface area contributed by atoms with Gasteiger partial charge in [-0.2, -0.15) is 0 Å². The van der Waals surface area contributed by atoms with Gasteiger partial charge in [0.1, 0.15) is 11.3 Å². The largest absolute Gasteiger partial charge is 0.466 e. The normalized spacial score (nSPS) is 17.3. The fourth-order valence-corrected chi connectivity index (χ4v) is 3.66. The number of hydrogen-bond donors (Lipinski definition) is 0. The Hall–Kier alpha value is -4.14. The highest BCUT2D eigenvalue weighted by molar-refractivity contribution is 6.17. The van der Waals surface area contributed by atoms with Crippen LogP contribution in [0.15, 0.2) is 71.0 Å². The van der Waals surface area contributed by atoms with E-state index < -0.39 is 41.1 Å². The molecule has 0 aliphatic carbocycles. The molecule has 2 aliphatic heterocycles. The van der Waals surface area contributed by atoms with Crippen LogP contribution in [0.1, 0.15) is 5.56 Å². The van der Waals surface area contributed by atoms with Crippen molar-refractivity contribution in [2.45, 2.75) is 6.04 Å². The first-order valence-electron chi connectivity index (χ1n) is 9.46. The highest BCUT2D eigenvalue weighted by Gasteiger charge is 2.47. The number of methoxy groups -OCH3 is 4. The van der Waals surface area contributed by atoms with Gasteiger partial charge in [-0.05, 0) is 11.6 Å². The topological polar surface area (TPSA) is 108 Å². The SMILES string of the molecule is COC(=O)C1=C(C(=O)OC)[C@@H]2C=CC=C(c3ccccc3)N2C(C(=O)OC)=C1C(=O)OC. The molecule has 0 unspecified atom stereocenters. The van der Waals surface area contributed by atoms with E-state index in [1.807, 2.05) is 6.07 Å². The lowest BCUT2D eigenvalue weighted by atomic mass is 9.85. The van der Waals surface area contributed by atoms with Crippen molar-refractivity contribution in [2.75, 3.05) is 28.4 Å². The number of ether oxygens (including phenoxy) is 4. The zero-order valence-corrected chi connectivity index (χ0v) is 17.9. The molecule has 1 atom stereocenters. The summed E-state index contributed by atoms with van der Waals surface area (Å²) in [6.07, 6.45) is 4.99. The van der Waals surface area contributed by atoms with E-state index in [1.165, 1.54) is 4.90 Å². The zero-order valence-electron chi connectivity index (χ0n) is 17.9. The number of nitrogens with zero attached hydrogens (tertiary/aromatic N) is 1. The maximum atomic E-state index is 13.0. The molecule has 0 saturated heterocycles. The molecule has 2 aliphatic rings. The molecule has 0 N–H and O–H groups in total. The molecule has 0 aromatic heterocycles. The van der Waals surface area contributed by atoms with Crippen LogP contribution in [0.5, 0.6) is 0 Å². The average molecular weight is 439 g/mol. The Balaban J connectivity index is 2.45. The first-order chi connectivity index (χ1) is 15.4. The third kappa shape index (κ3) is 3.68. The van der Waals surface area contributed by atoms with Crippen molar-refractivity contribution in [1.29, 1.82) is 0 Å². The van der Waals surface area contributed by atoms with Gasteiger partial charge in [0.25, 0.3) is 0 Å². The number of benzene rings is 1. The molecular weight excluding hydrogens is 418 g/mol. The molecule has 0 saturated carbocycles. The minimum atomic E-state index is -1.02. The summed E-state index contributed by atoms with van der Waals surface area (Å²) in [4.78, 5) is 52.9. The maximum absolute atomic E-state index is 13.0. The van der Waals surface area contributed by atoms with Gasteiger partial charge >= 0.3 is 23.9 Å². The summed E-state index contributed by atoms with van der Waals surface area (Å²) in [6, 6.07) is 8.06. The zero-order chi connectivity index (χ0) is 23.4. The summed E-state index contributed by atoms with van der Waals surface area (Å²) in [6.45, 7) is 0. The van der Waals surface area contributed by atoms with Gasteiger partial charge in [-0.15, -0.1) is 0 Å². The molecule has 1 aromatic carbocycles. The number of allylic oxidation sites excluding steroid dienone is 2. The monoisotopic (exact) mass is 439 g/mol. The fourth-order valence-electron chi connectivity index (χ4n) is 3.66. The number of carbonyl (C=O) groups excluding carboxylic acids is 4. The molecule has 166 valence electrons. The number of rotatable bonds is 5. The van der Waals surface area contributed by atoms with Crippen molar-refractivity contribution in [3.05, 3.63) is 76.5 Å². The quantitative estimate of drug-likeness (QED) is 0.498. The van der Waals surface area contributed by atoms with Crippen LogP contribution in [0.3, 0.4) is 0 Å². The van der Waals surface area contributed by atoms with Gasteiger partial charge in [0.2, 0.25) is 0 Å². The third-order valence-corrected chi connectivity index (χ3v) is 5.01. The van der Waals surface area contributed by atoms with E-state index in [0.717, 1.165) is 28.4 Å². The molecule has 0 radical (unpaired) electrons. The lowest BCUT2D eigenvalue weighted by molar-refractivity contribution is -0.143. The number of carbonyl (C=O) groups is 4. The van der Waals surface area contributed by atoms with Crippen LogP contribution in [0.2, 0.25) is 0 Å². The molecule has 0 bridgehead atoms. The van der Waals surface area contributed by atoms with E-state index in [1.54, 1.807) is 42.5 Å².